The van der Waals surface area contributed by atoms with Gasteiger partial charge in [-0.25, -0.2) is 4.98 Å². The summed E-state index contributed by atoms with van der Waals surface area (Å²) in [5.74, 6) is 0. The lowest BCUT2D eigenvalue weighted by Crippen LogP contribution is -1.92. The maximum Gasteiger partial charge on any atom is 0.148 e. The number of aromatic nitrogens is 2. The van der Waals surface area contributed by atoms with Gasteiger partial charge >= 0.3 is 0 Å². The van der Waals surface area contributed by atoms with E-state index in [1.54, 1.807) is 6.20 Å². The smallest absolute Gasteiger partial charge is 0.148 e. The van der Waals surface area contributed by atoms with Gasteiger partial charge in [0.05, 0.1) is 17.2 Å². The van der Waals surface area contributed by atoms with Gasteiger partial charge < -0.3 is 5.73 Å². The molecule has 0 bridgehead atoms. The van der Waals surface area contributed by atoms with E-state index in [9.17, 15) is 0 Å². The van der Waals surface area contributed by atoms with E-state index in [0.717, 1.165) is 16.6 Å². The molecule has 2 aromatic rings. The summed E-state index contributed by atoms with van der Waals surface area (Å²) in [6.07, 6.45) is 5.38. The number of fused-ring (bicyclic) bond motifs is 1. The molecule has 2 N–H and O–H groups in total. The van der Waals surface area contributed by atoms with Crippen molar-refractivity contribution in [3.63, 3.8) is 0 Å². The molecule has 0 fully saturated rings. The fourth-order valence-corrected chi connectivity index (χ4v) is 1.45. The average molecular weight is 220 g/mol. The van der Waals surface area contributed by atoms with Crippen LogP contribution in [0.15, 0.2) is 30.5 Å². The Kier molecular flexibility index (Phi) is 2.94. The number of halogens is 1. The Balaban J connectivity index is 2.49. The fourth-order valence-electron chi connectivity index (χ4n) is 1.31. The Labute approximate surface area is 92.6 Å². The molecule has 1 aromatic carbocycles. The van der Waals surface area contributed by atoms with Gasteiger partial charge in [0.25, 0.3) is 0 Å². The van der Waals surface area contributed by atoms with Gasteiger partial charge in [-0.15, -0.1) is 0 Å². The molecular formula is C11H10ClN3. The molecule has 0 saturated heterocycles. The molecule has 0 atom stereocenters. The van der Waals surface area contributed by atoms with E-state index in [-0.39, 0.29) is 0 Å². The molecule has 0 aliphatic rings. The lowest BCUT2D eigenvalue weighted by atomic mass is 10.2. The summed E-state index contributed by atoms with van der Waals surface area (Å²) < 4.78 is 0. The molecule has 3 nitrogen and oxygen atoms in total. The van der Waals surface area contributed by atoms with Gasteiger partial charge in [0.15, 0.2) is 0 Å². The van der Waals surface area contributed by atoms with Crippen LogP contribution in [0.25, 0.3) is 17.1 Å². The van der Waals surface area contributed by atoms with Crippen LogP contribution < -0.4 is 5.73 Å². The number of nitrogens with two attached hydrogens (primary N) is 1. The van der Waals surface area contributed by atoms with E-state index in [1.165, 1.54) is 0 Å². The zero-order valence-corrected chi connectivity index (χ0v) is 8.78. The summed E-state index contributed by atoms with van der Waals surface area (Å²) in [6.45, 7) is 0.527. The summed E-state index contributed by atoms with van der Waals surface area (Å²) in [4.78, 5) is 8.34. The second-order valence-electron chi connectivity index (χ2n) is 3.08. The number of nitrogens with zero attached hydrogens (tertiary/aromatic N) is 2. The summed E-state index contributed by atoms with van der Waals surface area (Å²) in [7, 11) is 0. The Morgan fingerprint density at radius 1 is 1.33 bits per heavy atom. The highest BCUT2D eigenvalue weighted by Crippen LogP contribution is 2.15. The molecule has 0 aliphatic carbocycles. The van der Waals surface area contributed by atoms with E-state index in [0.29, 0.717) is 11.7 Å². The van der Waals surface area contributed by atoms with Crippen molar-refractivity contribution in [2.45, 2.75) is 0 Å². The van der Waals surface area contributed by atoms with Gasteiger partial charge in [-0.05, 0) is 17.7 Å². The second kappa shape index (κ2) is 4.38. The number of hydrogen-bond acceptors (Lipinski definition) is 3. The molecule has 2 rings (SSSR count). The number of hydrogen-bond donors (Lipinski definition) is 1. The average Bonchev–Trinajstić information content (AvgIpc) is 2.25. The first kappa shape index (κ1) is 10.1. The third kappa shape index (κ3) is 2.32. The van der Waals surface area contributed by atoms with Crippen LogP contribution in [0.3, 0.4) is 0 Å². The molecule has 0 saturated carbocycles. The van der Waals surface area contributed by atoms with Crippen molar-refractivity contribution in [2.75, 3.05) is 6.54 Å². The first-order chi connectivity index (χ1) is 7.29. The van der Waals surface area contributed by atoms with E-state index in [1.807, 2.05) is 30.4 Å². The van der Waals surface area contributed by atoms with Crippen LogP contribution >= 0.6 is 11.6 Å². The highest BCUT2D eigenvalue weighted by molar-refractivity contribution is 6.29. The van der Waals surface area contributed by atoms with E-state index >= 15 is 0 Å². The highest BCUT2D eigenvalue weighted by Gasteiger charge is 1.97. The largest absolute Gasteiger partial charge is 0.327 e. The highest BCUT2D eigenvalue weighted by atomic mass is 35.5. The predicted molar refractivity (Wildman–Crippen MR) is 62.6 cm³/mol. The number of rotatable bonds is 2. The molecule has 1 aromatic heterocycles. The van der Waals surface area contributed by atoms with Crippen LogP contribution in [-0.2, 0) is 0 Å². The standard InChI is InChI=1S/C11H10ClN3/c12-11-7-14-9-4-3-8(2-1-5-13)6-10(9)15-11/h1-4,6-7H,5,13H2. The van der Waals surface area contributed by atoms with Crippen LogP contribution in [0.2, 0.25) is 5.15 Å². The molecule has 0 radical (unpaired) electrons. The first-order valence-corrected chi connectivity index (χ1v) is 4.96. The molecule has 15 heavy (non-hydrogen) atoms. The van der Waals surface area contributed by atoms with E-state index in [4.69, 9.17) is 17.3 Å². The molecule has 0 amide bonds. The normalized spacial score (nSPS) is 11.3. The van der Waals surface area contributed by atoms with Crippen molar-refractivity contribution < 1.29 is 0 Å². The maximum atomic E-state index is 5.76. The Hall–Kier alpha value is -1.45. The van der Waals surface area contributed by atoms with Crippen LogP contribution in [0, 0.1) is 0 Å². The number of benzene rings is 1. The van der Waals surface area contributed by atoms with E-state index < -0.39 is 0 Å². The Morgan fingerprint density at radius 2 is 2.20 bits per heavy atom. The molecule has 0 unspecified atom stereocenters. The summed E-state index contributed by atoms with van der Waals surface area (Å²) in [5, 5.41) is 0.405. The summed E-state index contributed by atoms with van der Waals surface area (Å²) >= 11 is 5.76. The predicted octanol–water partition coefficient (Wildman–Crippen LogP) is 2.26. The van der Waals surface area contributed by atoms with E-state index in [2.05, 4.69) is 9.97 Å². The van der Waals surface area contributed by atoms with Gasteiger partial charge in [0.1, 0.15) is 5.15 Å². The zero-order chi connectivity index (χ0) is 10.7. The molecule has 1 heterocycles. The van der Waals surface area contributed by atoms with Gasteiger partial charge in [-0.3, -0.25) is 4.98 Å². The SMILES string of the molecule is NCC=Cc1ccc2ncc(Cl)nc2c1. The Bertz CT molecular complexity index is 508. The maximum absolute atomic E-state index is 5.76. The van der Waals surface area contributed by atoms with Crippen LogP contribution in [0.5, 0.6) is 0 Å². The van der Waals surface area contributed by atoms with Gasteiger partial charge in [-0.2, -0.15) is 0 Å². The minimum atomic E-state index is 0.405. The fraction of sp³-hybridized carbons (Fsp3) is 0.0909. The van der Waals surface area contributed by atoms with Crippen molar-refractivity contribution in [2.24, 2.45) is 5.73 Å². The van der Waals surface area contributed by atoms with Crippen LogP contribution in [0.1, 0.15) is 5.56 Å². The second-order valence-corrected chi connectivity index (χ2v) is 3.47. The summed E-state index contributed by atoms with van der Waals surface area (Å²) in [5.41, 5.74) is 8.05. The lowest BCUT2D eigenvalue weighted by molar-refractivity contribution is 1.26. The van der Waals surface area contributed by atoms with Crippen LogP contribution in [0.4, 0.5) is 0 Å². The van der Waals surface area contributed by atoms with Crippen molar-refractivity contribution in [1.82, 2.24) is 9.97 Å². The van der Waals surface area contributed by atoms with Gasteiger partial charge in [0.2, 0.25) is 0 Å². The zero-order valence-electron chi connectivity index (χ0n) is 8.02. The minimum Gasteiger partial charge on any atom is -0.327 e. The summed E-state index contributed by atoms with van der Waals surface area (Å²) in [6, 6.07) is 5.81. The molecule has 4 heteroatoms. The van der Waals surface area contributed by atoms with Crippen molar-refractivity contribution in [3.05, 3.63) is 41.2 Å². The first-order valence-electron chi connectivity index (χ1n) is 4.58. The monoisotopic (exact) mass is 219 g/mol. The van der Waals surface area contributed by atoms with Gasteiger partial charge in [0, 0.05) is 6.54 Å². The van der Waals surface area contributed by atoms with Crippen molar-refractivity contribution in [3.8, 4) is 0 Å². The van der Waals surface area contributed by atoms with Crippen LogP contribution in [-0.4, -0.2) is 16.5 Å². The minimum absolute atomic E-state index is 0.405. The Morgan fingerprint density at radius 3 is 3.00 bits per heavy atom. The van der Waals surface area contributed by atoms with Crippen molar-refractivity contribution in [1.29, 1.82) is 0 Å². The third-order valence-corrected chi connectivity index (χ3v) is 2.17. The molecule has 0 aliphatic heterocycles. The van der Waals surface area contributed by atoms with Gasteiger partial charge in [-0.1, -0.05) is 29.8 Å². The molecular weight excluding hydrogens is 210 g/mol. The van der Waals surface area contributed by atoms with Crippen molar-refractivity contribution >= 4 is 28.7 Å². The lowest BCUT2D eigenvalue weighted by Gasteiger charge is -1.98. The topological polar surface area (TPSA) is 51.8 Å². The third-order valence-electron chi connectivity index (χ3n) is 1.98. The molecule has 0 spiro atoms. The molecule has 76 valence electrons. The quantitative estimate of drug-likeness (QED) is 0.843.